The fraction of sp³-hybridized carbons (Fsp3) is 0.0208. The van der Waals surface area contributed by atoms with Crippen LogP contribution < -0.4 is 5.32 Å². The molecule has 0 aliphatic carbocycles. The van der Waals surface area contributed by atoms with E-state index in [0.29, 0.717) is 5.84 Å². The quantitative estimate of drug-likeness (QED) is 0.193. The lowest BCUT2D eigenvalue weighted by molar-refractivity contribution is 0.659. The molecule has 54 heavy (non-hydrogen) atoms. The third kappa shape index (κ3) is 5.03. The summed E-state index contributed by atoms with van der Waals surface area (Å²) in [5, 5.41) is 9.37. The van der Waals surface area contributed by atoms with E-state index < -0.39 is 0 Å². The number of thiophene rings is 1. The van der Waals surface area contributed by atoms with Crippen molar-refractivity contribution in [2.75, 3.05) is 0 Å². The number of aliphatic imine (C=N–C) groups is 2. The zero-order valence-corrected chi connectivity index (χ0v) is 29.7. The van der Waals surface area contributed by atoms with Gasteiger partial charge in [0.1, 0.15) is 23.2 Å². The van der Waals surface area contributed by atoms with Crippen LogP contribution in [0.2, 0.25) is 0 Å². The molecule has 0 spiro atoms. The van der Waals surface area contributed by atoms with Crippen molar-refractivity contribution in [3.63, 3.8) is 0 Å². The predicted octanol–water partition coefficient (Wildman–Crippen LogP) is 12.3. The summed E-state index contributed by atoms with van der Waals surface area (Å²) in [5.41, 5.74) is 10.0. The summed E-state index contributed by atoms with van der Waals surface area (Å²) >= 11 is 1.84. The summed E-state index contributed by atoms with van der Waals surface area (Å²) in [6.45, 7) is 0. The summed E-state index contributed by atoms with van der Waals surface area (Å²) < 4.78 is 8.94. The van der Waals surface area contributed by atoms with Gasteiger partial charge in [-0.1, -0.05) is 140 Å². The van der Waals surface area contributed by atoms with Crippen LogP contribution in [0.5, 0.6) is 0 Å². The number of furan rings is 1. The molecule has 0 saturated heterocycles. The Morgan fingerprint density at radius 2 is 1.26 bits per heavy atom. The van der Waals surface area contributed by atoms with Gasteiger partial charge < -0.3 is 9.73 Å². The zero-order chi connectivity index (χ0) is 35.6. The Bertz CT molecular complexity index is 3120. The summed E-state index contributed by atoms with van der Waals surface area (Å²) in [4.78, 5) is 15.5. The first kappa shape index (κ1) is 30.7. The number of amidine groups is 2. The SMILES string of the molecule is c1ccc(-c2nc3ccccc3c3sc4ccc(-c5ccc(C6=NC(c7ccccc7)NC(c7cccc8c7oc7ccccc78)=N6)cc5)cc4c23)cc1. The summed E-state index contributed by atoms with van der Waals surface area (Å²) in [7, 11) is 0. The maximum absolute atomic E-state index is 6.42. The molecule has 3 aromatic heterocycles. The highest BCUT2D eigenvalue weighted by atomic mass is 32.1. The van der Waals surface area contributed by atoms with Crippen LogP contribution in [0.4, 0.5) is 0 Å². The van der Waals surface area contributed by atoms with Crippen molar-refractivity contribution in [1.29, 1.82) is 0 Å². The van der Waals surface area contributed by atoms with Crippen molar-refractivity contribution in [3.8, 4) is 22.4 Å². The van der Waals surface area contributed by atoms with Crippen molar-refractivity contribution in [1.82, 2.24) is 10.3 Å². The highest BCUT2D eigenvalue weighted by Gasteiger charge is 2.24. The fourth-order valence-electron chi connectivity index (χ4n) is 7.71. The summed E-state index contributed by atoms with van der Waals surface area (Å²) in [6, 6.07) is 59.1. The zero-order valence-electron chi connectivity index (χ0n) is 28.9. The molecule has 0 saturated carbocycles. The maximum atomic E-state index is 6.42. The number of nitrogens with zero attached hydrogens (tertiary/aromatic N) is 3. The van der Waals surface area contributed by atoms with Gasteiger partial charge in [-0.25, -0.2) is 15.0 Å². The molecule has 6 heteroatoms. The molecule has 1 atom stereocenters. The highest BCUT2D eigenvalue weighted by Crippen LogP contribution is 2.44. The van der Waals surface area contributed by atoms with E-state index in [1.165, 1.54) is 25.6 Å². The minimum absolute atomic E-state index is 0.314. The van der Waals surface area contributed by atoms with Crippen LogP contribution >= 0.6 is 11.3 Å². The van der Waals surface area contributed by atoms with E-state index in [-0.39, 0.29) is 6.17 Å². The molecule has 0 fully saturated rings. The Morgan fingerprint density at radius 1 is 0.556 bits per heavy atom. The normalized spacial score (nSPS) is 14.5. The monoisotopic (exact) mass is 710 g/mol. The lowest BCUT2D eigenvalue weighted by atomic mass is 9.98. The molecule has 1 aliphatic rings. The number of nitrogens with one attached hydrogen (secondary N) is 1. The van der Waals surface area contributed by atoms with Gasteiger partial charge >= 0.3 is 0 Å². The molecule has 4 heterocycles. The summed E-state index contributed by atoms with van der Waals surface area (Å²) in [6.07, 6.45) is -0.314. The second-order valence-electron chi connectivity index (χ2n) is 13.6. The number of hydrogen-bond acceptors (Lipinski definition) is 6. The van der Waals surface area contributed by atoms with E-state index in [0.717, 1.165) is 72.4 Å². The molecule has 1 unspecified atom stereocenters. The van der Waals surface area contributed by atoms with E-state index in [2.05, 4.69) is 139 Å². The van der Waals surface area contributed by atoms with E-state index in [1.54, 1.807) is 0 Å². The lowest BCUT2D eigenvalue weighted by Crippen LogP contribution is -2.33. The van der Waals surface area contributed by atoms with Crippen LogP contribution in [0.15, 0.2) is 184 Å². The van der Waals surface area contributed by atoms with Gasteiger partial charge in [0, 0.05) is 47.5 Å². The number of fused-ring (bicyclic) bond motifs is 8. The topological polar surface area (TPSA) is 62.8 Å². The second kappa shape index (κ2) is 12.4. The maximum Gasteiger partial charge on any atom is 0.159 e. The number of pyridine rings is 1. The van der Waals surface area contributed by atoms with Crippen LogP contribution in [-0.4, -0.2) is 16.7 Å². The predicted molar refractivity (Wildman–Crippen MR) is 225 cm³/mol. The first-order valence-corrected chi connectivity index (χ1v) is 18.9. The molecule has 5 nitrogen and oxygen atoms in total. The van der Waals surface area contributed by atoms with Gasteiger partial charge in [-0.05, 0) is 47.0 Å². The average Bonchev–Trinajstić information content (AvgIpc) is 3.83. The number of aromatic nitrogens is 1. The Kier molecular flexibility index (Phi) is 7.03. The molecular formula is C48H30N4OS. The van der Waals surface area contributed by atoms with Crippen molar-refractivity contribution in [2.45, 2.75) is 6.17 Å². The van der Waals surface area contributed by atoms with Crippen LogP contribution in [0.1, 0.15) is 22.9 Å². The van der Waals surface area contributed by atoms with Gasteiger partial charge in [0.05, 0.1) is 16.8 Å². The van der Waals surface area contributed by atoms with Gasteiger partial charge in [0.25, 0.3) is 0 Å². The molecule has 11 rings (SSSR count). The largest absolute Gasteiger partial charge is 0.455 e. The number of rotatable bonds is 5. The third-order valence-corrected chi connectivity index (χ3v) is 11.6. The van der Waals surface area contributed by atoms with Crippen molar-refractivity contribution < 1.29 is 4.42 Å². The second-order valence-corrected chi connectivity index (χ2v) is 14.6. The Labute approximate surface area is 314 Å². The van der Waals surface area contributed by atoms with Crippen molar-refractivity contribution in [2.24, 2.45) is 9.98 Å². The van der Waals surface area contributed by atoms with Gasteiger partial charge in [-0.2, -0.15) is 0 Å². The molecule has 10 aromatic rings. The standard InChI is InChI=1S/C48H30N4OS/c1-3-12-30(13-4-1)43-42-38-28-33(26-27-41(38)54-45(42)36-17-7-9-20-39(36)49-43)29-22-24-32(25-23-29)47-50-46(31-14-5-2-6-15-31)51-48(52-47)37-19-11-18-35-34-16-8-10-21-40(34)53-44(35)37/h1-28,46H,(H,50,51,52). The number of para-hydroxylation sites is 3. The molecule has 254 valence electrons. The highest BCUT2D eigenvalue weighted by molar-refractivity contribution is 7.26. The smallest absolute Gasteiger partial charge is 0.159 e. The van der Waals surface area contributed by atoms with Crippen LogP contribution in [0, 0.1) is 0 Å². The number of hydrogen-bond donors (Lipinski definition) is 1. The van der Waals surface area contributed by atoms with Crippen molar-refractivity contribution >= 4 is 76.0 Å². The van der Waals surface area contributed by atoms with Crippen LogP contribution in [0.25, 0.3) is 75.4 Å². The molecule has 1 N–H and O–H groups in total. The van der Waals surface area contributed by atoms with Gasteiger partial charge in [0.15, 0.2) is 5.84 Å². The number of benzene rings is 7. The van der Waals surface area contributed by atoms with Crippen LogP contribution in [-0.2, 0) is 0 Å². The van der Waals surface area contributed by atoms with Gasteiger partial charge in [-0.3, -0.25) is 0 Å². The molecule has 0 bridgehead atoms. The summed E-state index contributed by atoms with van der Waals surface area (Å²) in [5.74, 6) is 1.40. The Morgan fingerprint density at radius 3 is 2.11 bits per heavy atom. The molecule has 0 amide bonds. The minimum Gasteiger partial charge on any atom is -0.455 e. The average molecular weight is 711 g/mol. The van der Waals surface area contributed by atoms with Crippen LogP contribution in [0.3, 0.4) is 0 Å². The van der Waals surface area contributed by atoms with Crippen molar-refractivity contribution in [3.05, 3.63) is 187 Å². The fourth-order valence-corrected chi connectivity index (χ4v) is 8.93. The minimum atomic E-state index is -0.314. The molecule has 7 aromatic carbocycles. The van der Waals surface area contributed by atoms with E-state index >= 15 is 0 Å². The van der Waals surface area contributed by atoms with E-state index in [9.17, 15) is 0 Å². The first-order chi connectivity index (χ1) is 26.7. The van der Waals surface area contributed by atoms with E-state index in [1.807, 2.05) is 47.7 Å². The molecule has 0 radical (unpaired) electrons. The lowest BCUT2D eigenvalue weighted by Gasteiger charge is -2.23. The molecule has 1 aliphatic heterocycles. The third-order valence-electron chi connectivity index (χ3n) is 10.3. The Hall–Kier alpha value is -6.89. The Balaban J connectivity index is 1.02. The molecular weight excluding hydrogens is 681 g/mol. The van der Waals surface area contributed by atoms with Gasteiger partial charge in [0.2, 0.25) is 0 Å². The van der Waals surface area contributed by atoms with E-state index in [4.69, 9.17) is 19.4 Å². The first-order valence-electron chi connectivity index (χ1n) is 18.0. The van der Waals surface area contributed by atoms with Gasteiger partial charge in [-0.15, -0.1) is 11.3 Å².